The van der Waals surface area contributed by atoms with Crippen molar-refractivity contribution in [3.63, 3.8) is 0 Å². The number of fused-ring (bicyclic) bond motifs is 1. The average Bonchev–Trinajstić information content (AvgIpc) is 3.26. The summed E-state index contributed by atoms with van der Waals surface area (Å²) in [5.74, 6) is 0.457. The normalized spacial score (nSPS) is 14.8. The first-order valence-corrected chi connectivity index (χ1v) is 11.2. The molecule has 0 unspecified atom stereocenters. The SMILES string of the molecule is N#CC1=C(N)Oc2n[nH]c(-c3ccc(OCc4ccccc4)cc3)c2[C@@H]1c1ccc(Cl)cc1Cl. The molecule has 1 aliphatic rings. The highest BCUT2D eigenvalue weighted by atomic mass is 35.5. The maximum atomic E-state index is 9.87. The summed E-state index contributed by atoms with van der Waals surface area (Å²) < 4.78 is 11.6. The number of H-pyrrole nitrogens is 1. The van der Waals surface area contributed by atoms with E-state index in [9.17, 15) is 5.26 Å². The van der Waals surface area contributed by atoms with Crippen LogP contribution in [0, 0.1) is 11.3 Å². The van der Waals surface area contributed by atoms with E-state index < -0.39 is 5.92 Å². The van der Waals surface area contributed by atoms with Gasteiger partial charge in [-0.2, -0.15) is 5.26 Å². The van der Waals surface area contributed by atoms with Crippen LogP contribution in [-0.4, -0.2) is 10.2 Å². The number of aromatic nitrogens is 2. The molecule has 0 bridgehead atoms. The third kappa shape index (κ3) is 4.08. The van der Waals surface area contributed by atoms with Gasteiger partial charge in [-0.15, -0.1) is 5.10 Å². The van der Waals surface area contributed by atoms with Gasteiger partial charge in [0.1, 0.15) is 24.0 Å². The Balaban J connectivity index is 1.51. The molecular formula is C26H18Cl2N4O2. The number of nitrogens with two attached hydrogens (primary N) is 1. The van der Waals surface area contributed by atoms with Crippen molar-refractivity contribution in [1.82, 2.24) is 10.2 Å². The Labute approximate surface area is 206 Å². The molecular weight excluding hydrogens is 471 g/mol. The Morgan fingerprint density at radius 2 is 1.82 bits per heavy atom. The first-order valence-electron chi connectivity index (χ1n) is 10.4. The number of aromatic amines is 1. The largest absolute Gasteiger partial charge is 0.489 e. The van der Waals surface area contributed by atoms with E-state index in [1.165, 1.54) is 0 Å². The van der Waals surface area contributed by atoms with E-state index in [0.717, 1.165) is 16.9 Å². The van der Waals surface area contributed by atoms with Crippen LogP contribution in [0.25, 0.3) is 11.3 Å². The third-order valence-corrected chi connectivity index (χ3v) is 6.17. The summed E-state index contributed by atoms with van der Waals surface area (Å²) in [6, 6.07) is 24.9. The van der Waals surface area contributed by atoms with Gasteiger partial charge in [0.15, 0.2) is 0 Å². The zero-order valence-electron chi connectivity index (χ0n) is 17.8. The molecule has 0 radical (unpaired) electrons. The predicted molar refractivity (Wildman–Crippen MR) is 131 cm³/mol. The number of rotatable bonds is 5. The second-order valence-corrected chi connectivity index (χ2v) is 8.55. The van der Waals surface area contributed by atoms with Crippen LogP contribution in [0.1, 0.15) is 22.6 Å². The summed E-state index contributed by atoms with van der Waals surface area (Å²) in [4.78, 5) is 0. The Bertz CT molecular complexity index is 1420. The van der Waals surface area contributed by atoms with Crippen LogP contribution < -0.4 is 15.2 Å². The number of hydrogen-bond donors (Lipinski definition) is 2. The van der Waals surface area contributed by atoms with E-state index in [0.29, 0.717) is 39.4 Å². The number of nitrogens with one attached hydrogen (secondary N) is 1. The highest BCUT2D eigenvalue weighted by molar-refractivity contribution is 6.35. The summed E-state index contributed by atoms with van der Waals surface area (Å²) >= 11 is 12.6. The fourth-order valence-corrected chi connectivity index (χ4v) is 4.49. The molecule has 0 fully saturated rings. The van der Waals surface area contributed by atoms with E-state index in [2.05, 4.69) is 16.3 Å². The Kier molecular flexibility index (Phi) is 5.89. The van der Waals surface area contributed by atoms with Gasteiger partial charge in [0.2, 0.25) is 11.8 Å². The molecule has 0 spiro atoms. The average molecular weight is 489 g/mol. The molecule has 34 heavy (non-hydrogen) atoms. The predicted octanol–water partition coefficient (Wildman–Crippen LogP) is 6.18. The highest BCUT2D eigenvalue weighted by Crippen LogP contribution is 2.47. The fraction of sp³-hybridized carbons (Fsp3) is 0.0769. The molecule has 1 aromatic heterocycles. The van der Waals surface area contributed by atoms with Crippen molar-refractivity contribution >= 4 is 23.2 Å². The molecule has 0 saturated heterocycles. The molecule has 4 aromatic rings. The van der Waals surface area contributed by atoms with E-state index in [1.54, 1.807) is 18.2 Å². The van der Waals surface area contributed by atoms with Gasteiger partial charge in [0.05, 0.1) is 17.2 Å². The van der Waals surface area contributed by atoms with Gasteiger partial charge in [-0.05, 0) is 47.5 Å². The zero-order valence-corrected chi connectivity index (χ0v) is 19.3. The van der Waals surface area contributed by atoms with E-state index in [-0.39, 0.29) is 11.5 Å². The second kappa shape index (κ2) is 9.14. The van der Waals surface area contributed by atoms with Crippen LogP contribution in [0.2, 0.25) is 10.0 Å². The lowest BCUT2D eigenvalue weighted by atomic mass is 9.83. The van der Waals surface area contributed by atoms with Gasteiger partial charge < -0.3 is 15.2 Å². The van der Waals surface area contributed by atoms with Crippen LogP contribution in [0.5, 0.6) is 11.6 Å². The lowest BCUT2D eigenvalue weighted by Crippen LogP contribution is -2.21. The van der Waals surface area contributed by atoms with Crippen LogP contribution >= 0.6 is 23.2 Å². The molecule has 1 aliphatic heterocycles. The first kappa shape index (κ1) is 21.9. The number of nitriles is 1. The number of halogens is 2. The summed E-state index contributed by atoms with van der Waals surface area (Å²) in [5.41, 5.74) is 10.3. The lowest BCUT2D eigenvalue weighted by molar-refractivity contribution is 0.306. The molecule has 0 saturated carbocycles. The van der Waals surface area contributed by atoms with Crippen LogP contribution in [0.3, 0.4) is 0 Å². The smallest absolute Gasteiger partial charge is 0.244 e. The van der Waals surface area contributed by atoms with Crippen molar-refractivity contribution in [2.24, 2.45) is 5.73 Å². The molecule has 0 aliphatic carbocycles. The minimum Gasteiger partial charge on any atom is -0.489 e. The number of ether oxygens (including phenoxy) is 2. The molecule has 0 amide bonds. The molecule has 168 valence electrons. The third-order valence-electron chi connectivity index (χ3n) is 5.60. The van der Waals surface area contributed by atoms with Gasteiger partial charge in [0.25, 0.3) is 0 Å². The topological polar surface area (TPSA) is 97.0 Å². The van der Waals surface area contributed by atoms with Gasteiger partial charge in [-0.25, -0.2) is 0 Å². The number of nitrogens with zero attached hydrogens (tertiary/aromatic N) is 2. The molecule has 1 atom stereocenters. The fourth-order valence-electron chi connectivity index (χ4n) is 3.97. The zero-order chi connectivity index (χ0) is 23.7. The van der Waals surface area contributed by atoms with E-state index >= 15 is 0 Å². The monoisotopic (exact) mass is 488 g/mol. The van der Waals surface area contributed by atoms with E-state index in [4.69, 9.17) is 38.4 Å². The maximum absolute atomic E-state index is 9.87. The Hall–Kier alpha value is -3.92. The van der Waals surface area contributed by atoms with Gasteiger partial charge in [-0.3, -0.25) is 5.10 Å². The number of benzene rings is 3. The summed E-state index contributed by atoms with van der Waals surface area (Å²) in [6.07, 6.45) is 0. The van der Waals surface area contributed by atoms with Crippen molar-refractivity contribution in [2.75, 3.05) is 0 Å². The van der Waals surface area contributed by atoms with Gasteiger partial charge in [-0.1, -0.05) is 59.6 Å². The van der Waals surface area contributed by atoms with Gasteiger partial charge >= 0.3 is 0 Å². The van der Waals surface area contributed by atoms with Gasteiger partial charge in [0, 0.05) is 15.6 Å². The van der Waals surface area contributed by atoms with Crippen molar-refractivity contribution in [1.29, 1.82) is 5.26 Å². The standard InChI is InChI=1S/C26H18Cl2N4O2/c27-17-8-11-19(21(28)12-17)22-20(13-29)25(30)34-26-23(22)24(31-32-26)16-6-9-18(10-7-16)33-14-15-4-2-1-3-5-15/h1-12,22H,14,30H2,(H,31,32)/t22-/m1/s1. The van der Waals surface area contributed by atoms with Crippen LogP contribution in [-0.2, 0) is 6.61 Å². The Morgan fingerprint density at radius 1 is 1.06 bits per heavy atom. The van der Waals surface area contributed by atoms with Crippen LogP contribution in [0.4, 0.5) is 0 Å². The lowest BCUT2D eigenvalue weighted by Gasteiger charge is -2.25. The van der Waals surface area contributed by atoms with Crippen LogP contribution in [0.15, 0.2) is 84.3 Å². The quantitative estimate of drug-likeness (QED) is 0.349. The molecule has 2 heterocycles. The Morgan fingerprint density at radius 3 is 2.53 bits per heavy atom. The van der Waals surface area contributed by atoms with Crippen molar-refractivity contribution in [2.45, 2.75) is 12.5 Å². The molecule has 5 rings (SSSR count). The summed E-state index contributed by atoms with van der Waals surface area (Å²) in [5, 5.41) is 18.1. The van der Waals surface area contributed by atoms with Crippen molar-refractivity contribution in [3.8, 4) is 29.0 Å². The molecule has 8 heteroatoms. The minimum atomic E-state index is -0.568. The maximum Gasteiger partial charge on any atom is 0.244 e. The molecule has 3 aromatic carbocycles. The van der Waals surface area contributed by atoms with Crippen molar-refractivity contribution < 1.29 is 9.47 Å². The van der Waals surface area contributed by atoms with E-state index in [1.807, 2.05) is 54.6 Å². The number of hydrogen-bond acceptors (Lipinski definition) is 5. The minimum absolute atomic E-state index is 0.00581. The summed E-state index contributed by atoms with van der Waals surface area (Å²) in [6.45, 7) is 0.472. The highest BCUT2D eigenvalue weighted by Gasteiger charge is 2.36. The van der Waals surface area contributed by atoms with Crippen molar-refractivity contribution in [3.05, 3.63) is 111 Å². The molecule has 6 nitrogen and oxygen atoms in total. The number of allylic oxidation sites excluding steroid dienone is 1. The first-order chi connectivity index (χ1) is 16.5. The second-order valence-electron chi connectivity index (χ2n) is 7.71. The summed E-state index contributed by atoms with van der Waals surface area (Å²) in [7, 11) is 0. The molecule has 3 N–H and O–H groups in total.